The molecule has 0 bridgehead atoms. The Bertz CT molecular complexity index is 1480. The maximum absolute atomic E-state index is 13.7. The summed E-state index contributed by atoms with van der Waals surface area (Å²) in [5.41, 5.74) is 0.676. The number of carbonyl (C=O) groups is 7. The fourth-order valence-electron chi connectivity index (χ4n) is 5.09. The van der Waals surface area contributed by atoms with Crippen molar-refractivity contribution < 1.29 is 61.7 Å². The standard InChI is InChI=1S/C41H65N2O13Si/c1-14-26(6)35(36(46)42-30(20-24(2)3)31(44)22-33(45)51-12)55-37(47)28(8)54-39(49)34(43-40(50)52-23-29-18-16-15-17-19-29)27(7)53-38(48)32(21-25(4)5)56-57(13)41(9,10)11/h15-19,24-28,30,32,34-35H,14,20-23H2,1-13H3,(H,42,46)(H,43,50). The van der Waals surface area contributed by atoms with Crippen LogP contribution >= 0.6 is 0 Å². The summed E-state index contributed by atoms with van der Waals surface area (Å²) in [6.45, 7) is 21.4. The van der Waals surface area contributed by atoms with Gasteiger partial charge in [-0.25, -0.2) is 19.2 Å². The van der Waals surface area contributed by atoms with Gasteiger partial charge < -0.3 is 38.7 Å². The second-order valence-corrected chi connectivity index (χ2v) is 18.9. The number of nitrogens with one attached hydrogen (secondary N) is 2. The lowest BCUT2D eigenvalue weighted by Gasteiger charge is -2.31. The van der Waals surface area contributed by atoms with E-state index in [1.165, 1.54) is 13.8 Å². The summed E-state index contributed by atoms with van der Waals surface area (Å²) in [5.74, 6) is -5.60. The zero-order chi connectivity index (χ0) is 43.6. The van der Waals surface area contributed by atoms with Gasteiger partial charge in [-0.3, -0.25) is 14.4 Å². The van der Waals surface area contributed by atoms with E-state index in [0.717, 1.165) is 7.11 Å². The number of hydrogen-bond acceptors (Lipinski definition) is 13. The lowest BCUT2D eigenvalue weighted by atomic mass is 9.96. The SMILES string of the molecule is CCC(C)C(OC(=O)C(C)OC(=O)C(NC(=O)OCc1ccccc1)C(C)OC(=O)C(CC(C)C)O[Si](C)C(C)(C)C)C(=O)NC(CC(C)C)C(=O)CC(=O)OC. The Kier molecular flexibility index (Phi) is 21.8. The molecule has 0 aliphatic heterocycles. The van der Waals surface area contributed by atoms with Gasteiger partial charge in [-0.2, -0.15) is 0 Å². The molecule has 0 aliphatic rings. The summed E-state index contributed by atoms with van der Waals surface area (Å²) >= 11 is 0. The second-order valence-electron chi connectivity index (χ2n) is 16.1. The number of esters is 4. The molecule has 0 saturated heterocycles. The first-order valence-electron chi connectivity index (χ1n) is 19.5. The molecule has 0 aromatic heterocycles. The van der Waals surface area contributed by atoms with Crippen molar-refractivity contribution in [2.75, 3.05) is 7.11 Å². The van der Waals surface area contributed by atoms with Gasteiger partial charge in [-0.05, 0) is 62.1 Å². The maximum atomic E-state index is 13.7. The zero-order valence-corrected chi connectivity index (χ0v) is 36.9. The fraction of sp³-hybridized carbons (Fsp3) is 0.683. The Morgan fingerprint density at radius 3 is 1.89 bits per heavy atom. The van der Waals surface area contributed by atoms with E-state index in [4.69, 9.17) is 23.4 Å². The van der Waals surface area contributed by atoms with E-state index in [9.17, 15) is 33.6 Å². The highest BCUT2D eigenvalue weighted by Gasteiger charge is 2.39. The van der Waals surface area contributed by atoms with Crippen LogP contribution in [0.15, 0.2) is 30.3 Å². The molecule has 16 heteroatoms. The van der Waals surface area contributed by atoms with Crippen molar-refractivity contribution in [1.29, 1.82) is 0 Å². The number of ether oxygens (including phenoxy) is 5. The van der Waals surface area contributed by atoms with Crippen molar-refractivity contribution in [3.63, 3.8) is 0 Å². The minimum Gasteiger partial charge on any atom is -0.469 e. The predicted molar refractivity (Wildman–Crippen MR) is 213 cm³/mol. The Labute approximate surface area is 339 Å². The minimum absolute atomic E-state index is 0.0400. The molecule has 1 aromatic rings. The molecule has 0 saturated carbocycles. The normalized spacial score (nSPS) is 15.3. The number of ketones is 1. The van der Waals surface area contributed by atoms with E-state index in [1.807, 2.05) is 55.0 Å². The topological polar surface area (TPSA) is 199 Å². The van der Waals surface area contributed by atoms with Crippen molar-refractivity contribution in [2.24, 2.45) is 17.8 Å². The third-order valence-electron chi connectivity index (χ3n) is 9.08. The Morgan fingerprint density at radius 1 is 0.772 bits per heavy atom. The first-order valence-corrected chi connectivity index (χ1v) is 21.4. The summed E-state index contributed by atoms with van der Waals surface area (Å²) < 4.78 is 32.9. The molecule has 57 heavy (non-hydrogen) atoms. The number of alkyl carbamates (subject to hydrolysis) is 1. The summed E-state index contributed by atoms with van der Waals surface area (Å²) in [6.07, 6.45) is -5.90. The maximum Gasteiger partial charge on any atom is 0.408 e. The van der Waals surface area contributed by atoms with Gasteiger partial charge >= 0.3 is 30.0 Å². The first kappa shape index (κ1) is 50.7. The van der Waals surface area contributed by atoms with Crippen LogP contribution in [0.3, 0.4) is 0 Å². The monoisotopic (exact) mass is 821 g/mol. The van der Waals surface area contributed by atoms with Crippen LogP contribution in [0.4, 0.5) is 4.79 Å². The van der Waals surface area contributed by atoms with E-state index in [2.05, 4.69) is 15.4 Å². The van der Waals surface area contributed by atoms with Crippen molar-refractivity contribution in [3.05, 3.63) is 35.9 Å². The molecule has 321 valence electrons. The molecule has 0 spiro atoms. The molecular weight excluding hydrogens is 757 g/mol. The number of rotatable bonds is 23. The van der Waals surface area contributed by atoms with Crippen LogP contribution in [0, 0.1) is 17.8 Å². The molecule has 1 radical (unpaired) electrons. The molecule has 0 fully saturated rings. The van der Waals surface area contributed by atoms with E-state index < -0.39 is 99.5 Å². The third kappa shape index (κ3) is 18.7. The number of benzene rings is 1. The summed E-state index contributed by atoms with van der Waals surface area (Å²) in [5, 5.41) is 4.82. The van der Waals surface area contributed by atoms with Crippen molar-refractivity contribution in [3.8, 4) is 0 Å². The van der Waals surface area contributed by atoms with Gasteiger partial charge in [0.1, 0.15) is 25.2 Å². The van der Waals surface area contributed by atoms with Gasteiger partial charge in [0.25, 0.3) is 5.91 Å². The first-order chi connectivity index (χ1) is 26.5. The van der Waals surface area contributed by atoms with E-state index in [-0.39, 0.29) is 29.9 Å². The lowest BCUT2D eigenvalue weighted by Crippen LogP contribution is -2.52. The van der Waals surface area contributed by atoms with Gasteiger partial charge in [0.05, 0.1) is 13.2 Å². The number of amides is 2. The quantitative estimate of drug-likeness (QED) is 0.0598. The van der Waals surface area contributed by atoms with Gasteiger partial charge in [0, 0.05) is 5.92 Å². The van der Waals surface area contributed by atoms with Gasteiger partial charge in [0.15, 0.2) is 24.0 Å². The third-order valence-corrected chi connectivity index (χ3v) is 11.8. The molecule has 1 rings (SSSR count). The minimum atomic E-state index is -1.65. The van der Waals surface area contributed by atoms with E-state index in [0.29, 0.717) is 18.4 Å². The van der Waals surface area contributed by atoms with Crippen molar-refractivity contribution >= 4 is 50.7 Å². The Hall–Kier alpha value is -4.31. The van der Waals surface area contributed by atoms with Crippen LogP contribution < -0.4 is 10.6 Å². The fourth-order valence-corrected chi connectivity index (χ4v) is 6.06. The molecular formula is C41H65N2O13Si. The smallest absolute Gasteiger partial charge is 0.408 e. The van der Waals surface area contributed by atoms with Gasteiger partial charge in [-0.15, -0.1) is 0 Å². The van der Waals surface area contributed by atoms with Gasteiger partial charge in [-0.1, -0.05) is 92.6 Å². The lowest BCUT2D eigenvalue weighted by molar-refractivity contribution is -0.178. The van der Waals surface area contributed by atoms with E-state index >= 15 is 0 Å². The molecule has 2 amide bonds. The van der Waals surface area contributed by atoms with Gasteiger partial charge in [0.2, 0.25) is 9.04 Å². The molecule has 15 nitrogen and oxygen atoms in total. The van der Waals surface area contributed by atoms with Crippen LogP contribution in [0.25, 0.3) is 0 Å². The van der Waals surface area contributed by atoms with Crippen LogP contribution in [0.2, 0.25) is 11.6 Å². The number of carbonyl (C=O) groups excluding carboxylic acids is 7. The molecule has 7 unspecified atom stereocenters. The molecule has 1 aromatic carbocycles. The van der Waals surface area contributed by atoms with E-state index in [1.54, 1.807) is 44.2 Å². The Morgan fingerprint density at radius 2 is 1.37 bits per heavy atom. The largest absolute Gasteiger partial charge is 0.469 e. The second kappa shape index (κ2) is 24.5. The number of Topliss-reactive ketones (excluding diaryl/α,β-unsaturated/α-hetero) is 1. The highest BCUT2D eigenvalue weighted by atomic mass is 28.3. The highest BCUT2D eigenvalue weighted by molar-refractivity contribution is 6.54. The zero-order valence-electron chi connectivity index (χ0n) is 35.9. The van der Waals surface area contributed by atoms with Crippen molar-refractivity contribution in [1.82, 2.24) is 10.6 Å². The van der Waals surface area contributed by atoms with Crippen molar-refractivity contribution in [2.45, 2.75) is 157 Å². The molecule has 0 heterocycles. The van der Waals surface area contributed by atoms with Crippen LogP contribution in [-0.4, -0.2) is 94.3 Å². The Balaban J connectivity index is 3.29. The summed E-state index contributed by atoms with van der Waals surface area (Å²) in [4.78, 5) is 91.9. The molecule has 2 N–H and O–H groups in total. The summed E-state index contributed by atoms with van der Waals surface area (Å²) in [7, 11) is -0.337. The van der Waals surface area contributed by atoms with Crippen LogP contribution in [-0.2, 0) is 63.5 Å². The number of hydrogen-bond donors (Lipinski definition) is 2. The molecule has 7 atom stereocenters. The number of methoxy groups -OCH3 is 1. The van der Waals surface area contributed by atoms with Crippen LogP contribution in [0.1, 0.15) is 107 Å². The average molecular weight is 822 g/mol. The van der Waals surface area contributed by atoms with Crippen LogP contribution in [0.5, 0.6) is 0 Å². The highest BCUT2D eigenvalue weighted by Crippen LogP contribution is 2.29. The predicted octanol–water partition coefficient (Wildman–Crippen LogP) is 5.62. The average Bonchev–Trinajstić information content (AvgIpc) is 3.13. The summed E-state index contributed by atoms with van der Waals surface area (Å²) in [6, 6.07) is 6.11. The molecule has 0 aliphatic carbocycles.